The number of carbonyl (C=O) groups excluding carboxylic acids is 6. The highest BCUT2D eigenvalue weighted by atomic mass is 16.5. The van der Waals surface area contributed by atoms with Crippen molar-refractivity contribution in [3.63, 3.8) is 0 Å². The molecule has 382 valence electrons. The predicted octanol–water partition coefficient (Wildman–Crippen LogP) is 4.68. The zero-order valence-corrected chi connectivity index (χ0v) is 40.9. The Hall–Kier alpha value is -3.55. The van der Waals surface area contributed by atoms with Gasteiger partial charge in [-0.25, -0.2) is 4.79 Å². The standard InChI is InChI=1S/C23H43NO4.C21H40N2O7.C3H8N2O2/c1-3-5-6-7-8-9-10-11-12-13-14-15-16-17-22(26)24-21(23(27)28)19-18-20(25)4-2;1-4-10-27-12-14-29-17-21(26)23-9-11-28-13-15-30-16-20(25)22-8-6-5-7-18(2)19(3)24;4-2(1-6)3(5)7/h21H,3-19H2,1-2H3,(H,24,26)(H,27,28);18H,4-17H2,1-3H3,(H,22,25)(H,23,26);2,6H,1,4H2,(H2,5,7)/t;18-;2-/m.00/s1. The number of hydrogen-bond acceptors (Lipinski definition) is 13. The number of rotatable bonds is 43. The normalized spacial score (nSPS) is 12.0. The van der Waals surface area contributed by atoms with E-state index in [1.807, 2.05) is 13.8 Å². The summed E-state index contributed by atoms with van der Waals surface area (Å²) in [6.07, 6.45) is 21.0. The van der Waals surface area contributed by atoms with E-state index in [1.165, 1.54) is 64.2 Å². The molecule has 3 atom stereocenters. The first-order chi connectivity index (χ1) is 31.2. The summed E-state index contributed by atoms with van der Waals surface area (Å²) in [5, 5.41) is 25.3. The lowest BCUT2D eigenvalue weighted by Crippen LogP contribution is -2.41. The number of ether oxygens (including phenoxy) is 4. The van der Waals surface area contributed by atoms with Crippen LogP contribution in [0.2, 0.25) is 0 Å². The maximum atomic E-state index is 11.9. The van der Waals surface area contributed by atoms with Gasteiger partial charge in [-0.3, -0.25) is 28.8 Å². The zero-order valence-electron chi connectivity index (χ0n) is 40.9. The van der Waals surface area contributed by atoms with Gasteiger partial charge in [0.15, 0.2) is 0 Å². The fourth-order valence-electron chi connectivity index (χ4n) is 5.68. The molecule has 0 aromatic heterocycles. The van der Waals surface area contributed by atoms with Gasteiger partial charge in [0.1, 0.15) is 36.9 Å². The second-order valence-electron chi connectivity index (χ2n) is 16.1. The van der Waals surface area contributed by atoms with E-state index in [1.54, 1.807) is 13.8 Å². The Kier molecular flexibility index (Phi) is 50.4. The molecule has 0 aromatic carbocycles. The summed E-state index contributed by atoms with van der Waals surface area (Å²) in [5.41, 5.74) is 9.51. The van der Waals surface area contributed by atoms with Crippen LogP contribution in [0, 0.1) is 5.92 Å². The first kappa shape index (κ1) is 65.7. The minimum atomic E-state index is -1.07. The molecule has 4 amide bonds. The summed E-state index contributed by atoms with van der Waals surface area (Å²) in [6.45, 7) is 12.7. The van der Waals surface area contributed by atoms with Crippen LogP contribution in [0.15, 0.2) is 0 Å². The average Bonchev–Trinajstić information content (AvgIpc) is 3.28. The lowest BCUT2D eigenvalue weighted by molar-refractivity contribution is -0.142. The first-order valence-corrected chi connectivity index (χ1v) is 24.2. The van der Waals surface area contributed by atoms with Crippen LogP contribution in [0.25, 0.3) is 0 Å². The summed E-state index contributed by atoms with van der Waals surface area (Å²) in [5.74, 6) is -2.02. The van der Waals surface area contributed by atoms with E-state index in [0.29, 0.717) is 65.6 Å². The number of amides is 4. The molecule has 18 nitrogen and oxygen atoms in total. The molecule has 0 saturated heterocycles. The second-order valence-corrected chi connectivity index (χ2v) is 16.1. The van der Waals surface area contributed by atoms with Gasteiger partial charge < -0.3 is 56.6 Å². The summed E-state index contributed by atoms with van der Waals surface area (Å²) in [4.78, 5) is 78.6. The smallest absolute Gasteiger partial charge is 0.326 e. The van der Waals surface area contributed by atoms with E-state index in [4.69, 9.17) is 34.9 Å². The van der Waals surface area contributed by atoms with Gasteiger partial charge in [0.25, 0.3) is 0 Å². The van der Waals surface area contributed by atoms with Crippen molar-refractivity contribution in [3.05, 3.63) is 0 Å². The molecule has 18 heteroatoms. The highest BCUT2D eigenvalue weighted by molar-refractivity contribution is 5.84. The summed E-state index contributed by atoms with van der Waals surface area (Å²) in [7, 11) is 0. The first-order valence-electron chi connectivity index (χ1n) is 24.2. The Morgan fingerprint density at radius 2 is 1.06 bits per heavy atom. The van der Waals surface area contributed by atoms with Gasteiger partial charge in [0.05, 0.1) is 39.6 Å². The molecule has 0 bridgehead atoms. The molecule has 0 aromatic rings. The Bertz CT molecular complexity index is 1210. The van der Waals surface area contributed by atoms with Crippen molar-refractivity contribution in [1.29, 1.82) is 0 Å². The number of nitrogens with one attached hydrogen (secondary N) is 3. The van der Waals surface area contributed by atoms with Crippen molar-refractivity contribution in [3.8, 4) is 0 Å². The molecule has 0 aliphatic heterocycles. The van der Waals surface area contributed by atoms with E-state index >= 15 is 0 Å². The van der Waals surface area contributed by atoms with Crippen molar-refractivity contribution >= 4 is 41.2 Å². The summed E-state index contributed by atoms with van der Waals surface area (Å²) < 4.78 is 21.0. The number of Topliss-reactive ketones (excluding diaryl/α,β-unsaturated/α-hetero) is 2. The van der Waals surface area contributed by atoms with Crippen molar-refractivity contribution in [2.45, 2.75) is 182 Å². The van der Waals surface area contributed by atoms with Crippen LogP contribution in [0.3, 0.4) is 0 Å². The van der Waals surface area contributed by atoms with Gasteiger partial charge in [0.2, 0.25) is 23.6 Å². The van der Waals surface area contributed by atoms with E-state index < -0.39 is 24.0 Å². The molecule has 0 aliphatic rings. The van der Waals surface area contributed by atoms with Crippen LogP contribution < -0.4 is 27.4 Å². The summed E-state index contributed by atoms with van der Waals surface area (Å²) in [6, 6.07) is -1.86. The third kappa shape index (κ3) is 51.3. The van der Waals surface area contributed by atoms with Crippen molar-refractivity contribution in [1.82, 2.24) is 16.0 Å². The molecule has 0 spiro atoms. The number of carboxylic acids is 1. The molecule has 0 fully saturated rings. The molecular formula is C47H91N5O13. The minimum absolute atomic E-state index is 0.00343. The molecule has 1 unspecified atom stereocenters. The lowest BCUT2D eigenvalue weighted by atomic mass is 10.0. The van der Waals surface area contributed by atoms with Crippen molar-refractivity contribution in [2.75, 3.05) is 72.6 Å². The Labute approximate surface area is 390 Å². The zero-order chi connectivity index (χ0) is 49.4. The van der Waals surface area contributed by atoms with Crippen molar-refractivity contribution < 1.29 is 62.7 Å². The topological polar surface area (TPSA) is 285 Å². The highest BCUT2D eigenvalue weighted by Crippen LogP contribution is 2.13. The quantitative estimate of drug-likeness (QED) is 0.0409. The largest absolute Gasteiger partial charge is 0.480 e. The van der Waals surface area contributed by atoms with E-state index in [2.05, 4.69) is 28.6 Å². The number of nitrogens with two attached hydrogens (primary N) is 2. The highest BCUT2D eigenvalue weighted by Gasteiger charge is 2.20. The van der Waals surface area contributed by atoms with Crippen molar-refractivity contribution in [2.24, 2.45) is 17.4 Å². The Balaban J connectivity index is -0.00000103. The lowest BCUT2D eigenvalue weighted by Gasteiger charge is -2.14. The third-order valence-corrected chi connectivity index (χ3v) is 10.0. The van der Waals surface area contributed by atoms with Crippen LogP contribution in [-0.4, -0.2) is 136 Å². The van der Waals surface area contributed by atoms with Gasteiger partial charge >= 0.3 is 5.97 Å². The third-order valence-electron chi connectivity index (χ3n) is 10.0. The molecule has 0 heterocycles. The van der Waals surface area contributed by atoms with Crippen LogP contribution in [0.4, 0.5) is 0 Å². The molecule has 9 N–H and O–H groups in total. The maximum Gasteiger partial charge on any atom is 0.326 e. The fraction of sp³-hybridized carbons (Fsp3) is 0.851. The molecule has 0 rings (SSSR count). The maximum absolute atomic E-state index is 11.9. The number of aliphatic carboxylic acids is 1. The van der Waals surface area contributed by atoms with E-state index in [0.717, 1.165) is 44.9 Å². The van der Waals surface area contributed by atoms with Gasteiger partial charge in [-0.05, 0) is 39.0 Å². The van der Waals surface area contributed by atoms with Crippen LogP contribution in [-0.2, 0) is 52.5 Å². The number of aliphatic hydroxyl groups excluding tert-OH is 1. The van der Waals surface area contributed by atoms with Gasteiger partial charge in [-0.1, -0.05) is 111 Å². The monoisotopic (exact) mass is 934 g/mol. The van der Waals surface area contributed by atoms with Gasteiger partial charge in [-0.15, -0.1) is 0 Å². The number of ketones is 2. The molecule has 0 aliphatic carbocycles. The molecular weight excluding hydrogens is 843 g/mol. The number of carboxylic acid groups (broad SMARTS) is 1. The molecule has 0 radical (unpaired) electrons. The number of unbranched alkanes of at least 4 members (excludes halogenated alkanes) is 13. The van der Waals surface area contributed by atoms with Crippen LogP contribution in [0.1, 0.15) is 169 Å². The Morgan fingerprint density at radius 3 is 1.51 bits per heavy atom. The number of hydrogen-bond donors (Lipinski definition) is 7. The van der Waals surface area contributed by atoms with Gasteiger partial charge in [0, 0.05) is 44.9 Å². The van der Waals surface area contributed by atoms with Crippen LogP contribution in [0.5, 0.6) is 0 Å². The molecule has 0 saturated carbocycles. The minimum Gasteiger partial charge on any atom is -0.480 e. The fourth-order valence-corrected chi connectivity index (χ4v) is 5.68. The predicted molar refractivity (Wildman–Crippen MR) is 252 cm³/mol. The number of aliphatic hydroxyl groups is 1. The summed E-state index contributed by atoms with van der Waals surface area (Å²) >= 11 is 0. The van der Waals surface area contributed by atoms with E-state index in [-0.39, 0.29) is 67.9 Å². The number of carbonyl (C=O) groups is 7. The SMILES string of the molecule is CCCCCCCCCCCCCCCC(=O)NC(CCC(=O)CC)C(=O)O.CCCOCCOCC(=O)NCCOCCOCC(=O)NCCCC[C@H](C)C(C)=O.NC(=O)[C@@H](N)CO. The number of primary amides is 1. The van der Waals surface area contributed by atoms with E-state index in [9.17, 15) is 33.6 Å². The Morgan fingerprint density at radius 1 is 0.569 bits per heavy atom. The van der Waals surface area contributed by atoms with Gasteiger partial charge in [-0.2, -0.15) is 0 Å². The second kappa shape index (κ2) is 49.9. The average molecular weight is 934 g/mol. The van der Waals surface area contributed by atoms with Crippen LogP contribution >= 0.6 is 0 Å². The molecule has 65 heavy (non-hydrogen) atoms.